The first-order valence-corrected chi connectivity index (χ1v) is 10.4. The summed E-state index contributed by atoms with van der Waals surface area (Å²) in [4.78, 5) is 12.2. The highest BCUT2D eigenvalue weighted by molar-refractivity contribution is 8.00. The Hall–Kier alpha value is -2.38. The van der Waals surface area contributed by atoms with Crippen molar-refractivity contribution in [2.75, 3.05) is 25.5 Å². The number of rotatable bonds is 7. The quantitative estimate of drug-likeness (QED) is 0.349. The third kappa shape index (κ3) is 4.97. The number of carbonyl (C=O) groups is 1. The van der Waals surface area contributed by atoms with Crippen LogP contribution < -0.4 is 10.6 Å². The standard InChI is InChI=1S/C22H27FN4OS/c1-15-12-22(14-28)13-27(29-21(25-3)10-16(2)24)9-8-17(22)11-20(15)26-19-6-4-18(23)5-7-19/h4-7,10-11,14,24-26H,8-9,12-13H2,1-3H3/b21-10+,24-16?. The number of halogens is 1. The molecule has 3 N–H and O–H groups in total. The van der Waals surface area contributed by atoms with Crippen LogP contribution in [0.15, 0.2) is 58.3 Å². The molecule has 0 aromatic heterocycles. The predicted molar refractivity (Wildman–Crippen MR) is 118 cm³/mol. The van der Waals surface area contributed by atoms with E-state index in [1.807, 2.05) is 14.0 Å². The highest BCUT2D eigenvalue weighted by Gasteiger charge is 2.42. The average Bonchev–Trinajstić information content (AvgIpc) is 2.69. The molecule has 0 spiro atoms. The molecule has 3 rings (SSSR count). The Morgan fingerprint density at radius 1 is 1.34 bits per heavy atom. The van der Waals surface area contributed by atoms with Crippen molar-refractivity contribution < 1.29 is 9.18 Å². The van der Waals surface area contributed by atoms with Gasteiger partial charge in [0.2, 0.25) is 0 Å². The number of allylic oxidation sites excluding steroid dienone is 3. The first-order valence-electron chi connectivity index (χ1n) is 9.62. The maximum absolute atomic E-state index is 13.2. The van der Waals surface area contributed by atoms with Gasteiger partial charge in [-0.2, -0.15) is 0 Å². The summed E-state index contributed by atoms with van der Waals surface area (Å²) in [7, 11) is 1.84. The molecule has 0 amide bonds. The molecule has 1 aliphatic carbocycles. The van der Waals surface area contributed by atoms with Gasteiger partial charge in [-0.3, -0.25) is 0 Å². The number of hydrogen-bond donors (Lipinski definition) is 3. The third-order valence-corrected chi connectivity index (χ3v) is 6.35. The second-order valence-corrected chi connectivity index (χ2v) is 8.73. The number of aldehydes is 1. The molecule has 0 bridgehead atoms. The Morgan fingerprint density at radius 3 is 2.69 bits per heavy atom. The highest BCUT2D eigenvalue weighted by atomic mass is 32.2. The number of hydrogen-bond acceptors (Lipinski definition) is 6. The Morgan fingerprint density at radius 2 is 2.07 bits per heavy atom. The van der Waals surface area contributed by atoms with Crippen LogP contribution in [0.4, 0.5) is 10.1 Å². The van der Waals surface area contributed by atoms with Crippen LogP contribution in [0, 0.1) is 16.6 Å². The molecule has 0 saturated carbocycles. The number of piperidine rings is 1. The van der Waals surface area contributed by atoms with E-state index in [0.717, 1.165) is 46.8 Å². The fraction of sp³-hybridized carbons (Fsp3) is 0.364. The molecule has 7 heteroatoms. The Labute approximate surface area is 175 Å². The second kappa shape index (κ2) is 8.97. The van der Waals surface area contributed by atoms with Crippen LogP contribution in [-0.2, 0) is 4.79 Å². The molecule has 154 valence electrons. The molecule has 2 aliphatic rings. The highest BCUT2D eigenvalue weighted by Crippen LogP contribution is 2.45. The van der Waals surface area contributed by atoms with E-state index < -0.39 is 5.41 Å². The zero-order valence-corrected chi connectivity index (χ0v) is 17.8. The summed E-state index contributed by atoms with van der Waals surface area (Å²) in [6, 6.07) is 6.29. The van der Waals surface area contributed by atoms with Crippen molar-refractivity contribution in [1.29, 1.82) is 5.41 Å². The SMILES string of the molecule is CN/C(=C\C(C)=N)SN1CCC2=CC(Nc3ccc(F)cc3)=C(C)CC2(C=O)C1. The van der Waals surface area contributed by atoms with Gasteiger partial charge >= 0.3 is 0 Å². The molecule has 5 nitrogen and oxygen atoms in total. The minimum absolute atomic E-state index is 0.263. The molecule has 1 saturated heterocycles. The van der Waals surface area contributed by atoms with E-state index >= 15 is 0 Å². The van der Waals surface area contributed by atoms with Gasteiger partial charge in [-0.25, -0.2) is 8.70 Å². The zero-order chi connectivity index (χ0) is 21.0. The van der Waals surface area contributed by atoms with Crippen LogP contribution in [0.1, 0.15) is 26.7 Å². The first-order chi connectivity index (χ1) is 13.8. The first kappa shape index (κ1) is 21.3. The Balaban J connectivity index is 1.77. The van der Waals surface area contributed by atoms with E-state index in [-0.39, 0.29) is 5.82 Å². The number of fused-ring (bicyclic) bond motifs is 1. The smallest absolute Gasteiger partial charge is 0.131 e. The predicted octanol–water partition coefficient (Wildman–Crippen LogP) is 4.48. The minimum Gasteiger partial charge on any atom is -0.382 e. The van der Waals surface area contributed by atoms with Gasteiger partial charge in [0, 0.05) is 37.2 Å². The molecule has 1 atom stereocenters. The largest absolute Gasteiger partial charge is 0.382 e. The number of anilines is 1. The van der Waals surface area contributed by atoms with Crippen LogP contribution in [0.5, 0.6) is 0 Å². The number of nitrogens with zero attached hydrogens (tertiary/aromatic N) is 1. The van der Waals surface area contributed by atoms with Crippen LogP contribution in [0.25, 0.3) is 0 Å². The lowest BCUT2D eigenvalue weighted by atomic mass is 9.70. The van der Waals surface area contributed by atoms with E-state index in [0.29, 0.717) is 18.7 Å². The van der Waals surface area contributed by atoms with Crippen LogP contribution in [0.2, 0.25) is 0 Å². The monoisotopic (exact) mass is 414 g/mol. The number of carbonyl (C=O) groups excluding carboxylic acids is 1. The van der Waals surface area contributed by atoms with Crippen molar-refractivity contribution in [3.63, 3.8) is 0 Å². The number of nitrogens with one attached hydrogen (secondary N) is 3. The molecule has 1 heterocycles. The molecule has 1 unspecified atom stereocenters. The van der Waals surface area contributed by atoms with Gasteiger partial charge in [0.25, 0.3) is 0 Å². The van der Waals surface area contributed by atoms with Gasteiger partial charge in [0.15, 0.2) is 0 Å². The van der Waals surface area contributed by atoms with Gasteiger partial charge < -0.3 is 20.8 Å². The summed E-state index contributed by atoms with van der Waals surface area (Å²) in [6.07, 6.45) is 6.43. The van der Waals surface area contributed by atoms with Gasteiger partial charge in [0.05, 0.1) is 10.4 Å². The zero-order valence-electron chi connectivity index (χ0n) is 17.0. The van der Waals surface area contributed by atoms with E-state index in [4.69, 9.17) is 5.41 Å². The second-order valence-electron chi connectivity index (χ2n) is 7.59. The molecule has 1 aromatic rings. The van der Waals surface area contributed by atoms with Crippen molar-refractivity contribution >= 4 is 29.6 Å². The molecule has 29 heavy (non-hydrogen) atoms. The summed E-state index contributed by atoms with van der Waals surface area (Å²) >= 11 is 1.56. The topological polar surface area (TPSA) is 68.2 Å². The van der Waals surface area contributed by atoms with Gasteiger partial charge in [-0.15, -0.1) is 0 Å². The molecular weight excluding hydrogens is 387 g/mol. The van der Waals surface area contributed by atoms with Crippen molar-refractivity contribution in [2.24, 2.45) is 5.41 Å². The van der Waals surface area contributed by atoms with Crippen molar-refractivity contribution in [3.8, 4) is 0 Å². The molecule has 1 fully saturated rings. The van der Waals surface area contributed by atoms with Crippen LogP contribution in [-0.4, -0.2) is 36.4 Å². The van der Waals surface area contributed by atoms with Crippen molar-refractivity contribution in [1.82, 2.24) is 9.62 Å². The minimum atomic E-state index is -0.526. The molecule has 1 aromatic carbocycles. The van der Waals surface area contributed by atoms with Crippen molar-refractivity contribution in [3.05, 3.63) is 64.1 Å². The lowest BCUT2D eigenvalue weighted by molar-refractivity contribution is -0.115. The van der Waals surface area contributed by atoms with E-state index in [2.05, 4.69) is 21.0 Å². The number of benzene rings is 1. The van der Waals surface area contributed by atoms with E-state index in [9.17, 15) is 9.18 Å². The summed E-state index contributed by atoms with van der Waals surface area (Å²) in [5, 5.41) is 15.1. The molecule has 1 aliphatic heterocycles. The Bertz CT molecular complexity index is 891. The summed E-state index contributed by atoms with van der Waals surface area (Å²) in [6.45, 7) is 5.23. The van der Waals surface area contributed by atoms with E-state index in [1.165, 1.54) is 12.1 Å². The summed E-state index contributed by atoms with van der Waals surface area (Å²) in [5.41, 5.74) is 4.02. The maximum atomic E-state index is 13.2. The lowest BCUT2D eigenvalue weighted by Gasteiger charge is -2.43. The average molecular weight is 415 g/mol. The van der Waals surface area contributed by atoms with Crippen LogP contribution in [0.3, 0.4) is 0 Å². The molecular formula is C22H27FN4OS. The fourth-order valence-electron chi connectivity index (χ4n) is 3.78. The maximum Gasteiger partial charge on any atom is 0.131 e. The van der Waals surface area contributed by atoms with Gasteiger partial charge in [0.1, 0.15) is 12.1 Å². The Kier molecular flexibility index (Phi) is 6.59. The summed E-state index contributed by atoms with van der Waals surface area (Å²) < 4.78 is 15.4. The molecule has 0 radical (unpaired) electrons. The summed E-state index contributed by atoms with van der Waals surface area (Å²) in [5.74, 6) is -0.263. The fourth-order valence-corrected chi connectivity index (χ4v) is 4.86. The van der Waals surface area contributed by atoms with Gasteiger partial charge in [-0.05, 0) is 80.6 Å². The van der Waals surface area contributed by atoms with Gasteiger partial charge in [-0.1, -0.05) is 5.57 Å². The normalized spacial score (nSPS) is 22.6. The van der Waals surface area contributed by atoms with Crippen LogP contribution >= 0.6 is 11.9 Å². The lowest BCUT2D eigenvalue weighted by Crippen LogP contribution is -2.45. The van der Waals surface area contributed by atoms with E-state index in [1.54, 1.807) is 37.1 Å². The van der Waals surface area contributed by atoms with Crippen molar-refractivity contribution in [2.45, 2.75) is 26.7 Å². The third-order valence-electron chi connectivity index (χ3n) is 5.26.